The fourth-order valence-electron chi connectivity index (χ4n) is 3.35. The van der Waals surface area contributed by atoms with Crippen molar-refractivity contribution in [2.45, 2.75) is 20.0 Å². The van der Waals surface area contributed by atoms with E-state index < -0.39 is 0 Å². The number of rotatable bonds is 5. The SMILES string of the molecule is Cc1nn(Cc2ccc(Cl)cc2)c2sc(C(=O)NCc3nnc4ccccn34)cc12. The number of hydrogen-bond donors (Lipinski definition) is 1. The monoisotopic (exact) mass is 436 g/mol. The molecule has 0 saturated heterocycles. The van der Waals surface area contributed by atoms with Crippen LogP contribution in [0.25, 0.3) is 15.9 Å². The van der Waals surface area contributed by atoms with Crippen LogP contribution >= 0.6 is 22.9 Å². The molecule has 1 N–H and O–H groups in total. The summed E-state index contributed by atoms with van der Waals surface area (Å²) in [5.74, 6) is 0.548. The number of halogens is 1. The van der Waals surface area contributed by atoms with Crippen molar-refractivity contribution < 1.29 is 4.79 Å². The summed E-state index contributed by atoms with van der Waals surface area (Å²) in [6.07, 6.45) is 1.88. The molecule has 0 radical (unpaired) electrons. The van der Waals surface area contributed by atoms with Crippen LogP contribution in [0, 0.1) is 6.92 Å². The Bertz CT molecular complexity index is 1370. The average molecular weight is 437 g/mol. The molecule has 0 bridgehead atoms. The van der Waals surface area contributed by atoms with Gasteiger partial charge < -0.3 is 5.32 Å². The highest BCUT2D eigenvalue weighted by Crippen LogP contribution is 2.29. The minimum absolute atomic E-state index is 0.138. The number of aromatic nitrogens is 5. The van der Waals surface area contributed by atoms with Crippen LogP contribution in [0.15, 0.2) is 54.7 Å². The molecule has 7 nitrogen and oxygen atoms in total. The van der Waals surface area contributed by atoms with Gasteiger partial charge in [0.2, 0.25) is 0 Å². The van der Waals surface area contributed by atoms with Crippen LogP contribution < -0.4 is 5.32 Å². The Kier molecular flexibility index (Phi) is 4.72. The molecule has 0 spiro atoms. The van der Waals surface area contributed by atoms with E-state index in [1.807, 2.05) is 70.7 Å². The molecule has 4 aromatic heterocycles. The van der Waals surface area contributed by atoms with E-state index in [1.54, 1.807) is 0 Å². The maximum absolute atomic E-state index is 12.8. The van der Waals surface area contributed by atoms with Crippen molar-refractivity contribution in [3.8, 4) is 0 Å². The molecule has 1 amide bonds. The largest absolute Gasteiger partial charge is 0.344 e. The van der Waals surface area contributed by atoms with E-state index in [0.29, 0.717) is 28.8 Å². The zero-order valence-corrected chi connectivity index (χ0v) is 17.6. The van der Waals surface area contributed by atoms with Gasteiger partial charge in [0.05, 0.1) is 23.7 Å². The summed E-state index contributed by atoms with van der Waals surface area (Å²) >= 11 is 7.41. The molecule has 0 aliphatic rings. The molecular formula is C21H17ClN6OS. The van der Waals surface area contributed by atoms with Crippen molar-refractivity contribution in [3.63, 3.8) is 0 Å². The fraction of sp³-hybridized carbons (Fsp3) is 0.143. The highest BCUT2D eigenvalue weighted by Gasteiger charge is 2.17. The molecule has 4 heterocycles. The van der Waals surface area contributed by atoms with E-state index in [9.17, 15) is 4.79 Å². The van der Waals surface area contributed by atoms with Gasteiger partial charge >= 0.3 is 0 Å². The van der Waals surface area contributed by atoms with Crippen LogP contribution in [0.4, 0.5) is 0 Å². The number of benzene rings is 1. The van der Waals surface area contributed by atoms with Gasteiger partial charge in [0.25, 0.3) is 5.91 Å². The number of nitrogens with zero attached hydrogens (tertiary/aromatic N) is 5. The highest BCUT2D eigenvalue weighted by molar-refractivity contribution is 7.20. The summed E-state index contributed by atoms with van der Waals surface area (Å²) in [5.41, 5.74) is 2.75. The molecule has 30 heavy (non-hydrogen) atoms. The van der Waals surface area contributed by atoms with E-state index >= 15 is 0 Å². The Morgan fingerprint density at radius 2 is 2.00 bits per heavy atom. The second-order valence-corrected chi connectivity index (χ2v) is 8.39. The molecule has 0 fully saturated rings. The summed E-state index contributed by atoms with van der Waals surface area (Å²) in [5, 5.41) is 17.5. The number of fused-ring (bicyclic) bond motifs is 2. The average Bonchev–Trinajstić information content (AvgIpc) is 3.44. The van der Waals surface area contributed by atoms with Crippen LogP contribution in [-0.2, 0) is 13.1 Å². The molecular weight excluding hydrogens is 420 g/mol. The Balaban J connectivity index is 1.36. The third-order valence-electron chi connectivity index (χ3n) is 4.87. The Morgan fingerprint density at radius 1 is 1.17 bits per heavy atom. The standard InChI is InChI=1S/C21H17ClN6OS/c1-13-16-10-17(20(29)23-11-19-25-24-18-4-2-3-9-27(18)19)30-21(16)28(26-13)12-14-5-7-15(22)8-6-14/h2-10H,11-12H2,1H3,(H,23,29). The molecule has 0 saturated carbocycles. The molecule has 0 aliphatic carbocycles. The zero-order valence-electron chi connectivity index (χ0n) is 16.0. The zero-order chi connectivity index (χ0) is 20.7. The molecule has 5 rings (SSSR count). The van der Waals surface area contributed by atoms with Gasteiger partial charge in [0, 0.05) is 16.6 Å². The van der Waals surface area contributed by atoms with E-state index in [0.717, 1.165) is 27.1 Å². The highest BCUT2D eigenvalue weighted by atomic mass is 35.5. The van der Waals surface area contributed by atoms with Gasteiger partial charge in [0.1, 0.15) is 4.83 Å². The number of amides is 1. The maximum atomic E-state index is 12.8. The summed E-state index contributed by atoms with van der Waals surface area (Å²) in [7, 11) is 0. The maximum Gasteiger partial charge on any atom is 0.261 e. The normalized spacial score (nSPS) is 11.4. The summed E-state index contributed by atoms with van der Waals surface area (Å²) in [4.78, 5) is 14.4. The number of nitrogens with one attached hydrogen (secondary N) is 1. The smallest absolute Gasteiger partial charge is 0.261 e. The number of aryl methyl sites for hydroxylation is 1. The number of pyridine rings is 1. The van der Waals surface area contributed by atoms with Crippen molar-refractivity contribution in [2.75, 3.05) is 0 Å². The third-order valence-corrected chi connectivity index (χ3v) is 6.27. The van der Waals surface area contributed by atoms with Crippen LogP contribution in [0.5, 0.6) is 0 Å². The molecule has 9 heteroatoms. The van der Waals surface area contributed by atoms with E-state index in [1.165, 1.54) is 11.3 Å². The Hall–Kier alpha value is -3.23. The second-order valence-electron chi connectivity index (χ2n) is 6.93. The molecule has 5 aromatic rings. The lowest BCUT2D eigenvalue weighted by Gasteiger charge is -2.04. The van der Waals surface area contributed by atoms with Crippen LogP contribution in [0.3, 0.4) is 0 Å². The minimum Gasteiger partial charge on any atom is -0.344 e. The number of carbonyl (C=O) groups excluding carboxylic acids is 1. The lowest BCUT2D eigenvalue weighted by atomic mass is 10.2. The van der Waals surface area contributed by atoms with Crippen LogP contribution in [0.1, 0.15) is 26.8 Å². The molecule has 1 aromatic carbocycles. The topological polar surface area (TPSA) is 77.1 Å². The molecule has 0 atom stereocenters. The first-order valence-electron chi connectivity index (χ1n) is 9.37. The quantitative estimate of drug-likeness (QED) is 0.450. The van der Waals surface area contributed by atoms with Gasteiger partial charge in [-0.25, -0.2) is 0 Å². The second kappa shape index (κ2) is 7.55. The first kappa shape index (κ1) is 18.8. The fourth-order valence-corrected chi connectivity index (χ4v) is 4.56. The third kappa shape index (κ3) is 3.44. The minimum atomic E-state index is -0.138. The number of thiophene rings is 1. The van der Waals surface area contributed by atoms with Crippen LogP contribution in [0.2, 0.25) is 5.02 Å². The van der Waals surface area contributed by atoms with Crippen LogP contribution in [-0.4, -0.2) is 30.3 Å². The van der Waals surface area contributed by atoms with E-state index in [2.05, 4.69) is 20.6 Å². The summed E-state index contributed by atoms with van der Waals surface area (Å²) in [6, 6.07) is 15.3. The van der Waals surface area contributed by atoms with Gasteiger partial charge in [-0.2, -0.15) is 5.10 Å². The van der Waals surface area contributed by atoms with Crippen molar-refractivity contribution in [1.82, 2.24) is 29.7 Å². The van der Waals surface area contributed by atoms with Crippen molar-refractivity contribution in [3.05, 3.63) is 81.7 Å². The van der Waals surface area contributed by atoms with Gasteiger partial charge in [-0.15, -0.1) is 21.5 Å². The first-order chi connectivity index (χ1) is 14.6. The van der Waals surface area contributed by atoms with Gasteiger partial charge in [-0.1, -0.05) is 29.8 Å². The van der Waals surface area contributed by atoms with Crippen molar-refractivity contribution in [2.24, 2.45) is 0 Å². The van der Waals surface area contributed by atoms with Gasteiger partial charge in [0.15, 0.2) is 11.5 Å². The Morgan fingerprint density at radius 3 is 2.83 bits per heavy atom. The van der Waals surface area contributed by atoms with Gasteiger partial charge in [-0.05, 0) is 42.8 Å². The summed E-state index contributed by atoms with van der Waals surface area (Å²) in [6.45, 7) is 2.88. The Labute approximate surface area is 180 Å². The first-order valence-corrected chi connectivity index (χ1v) is 10.6. The molecule has 0 unspecified atom stereocenters. The number of hydrogen-bond acceptors (Lipinski definition) is 5. The predicted molar refractivity (Wildman–Crippen MR) is 117 cm³/mol. The van der Waals surface area contributed by atoms with Crippen molar-refractivity contribution in [1.29, 1.82) is 0 Å². The van der Waals surface area contributed by atoms with E-state index in [4.69, 9.17) is 11.6 Å². The predicted octanol–water partition coefficient (Wildman–Crippen LogP) is 4.08. The summed E-state index contributed by atoms with van der Waals surface area (Å²) < 4.78 is 3.79. The lowest BCUT2D eigenvalue weighted by Crippen LogP contribution is -2.23. The lowest BCUT2D eigenvalue weighted by molar-refractivity contribution is 0.0954. The molecule has 150 valence electrons. The van der Waals surface area contributed by atoms with E-state index in [-0.39, 0.29) is 5.91 Å². The molecule has 0 aliphatic heterocycles. The van der Waals surface area contributed by atoms with Crippen molar-refractivity contribution >= 4 is 44.7 Å². The number of carbonyl (C=O) groups is 1. The van der Waals surface area contributed by atoms with Gasteiger partial charge in [-0.3, -0.25) is 13.9 Å².